The number of thiol groups is 1. The Labute approximate surface area is 89.3 Å². The van der Waals surface area contributed by atoms with Gasteiger partial charge in [0.25, 0.3) is 0 Å². The number of nitrogens with zero attached hydrogens (tertiary/aromatic N) is 2. The van der Waals surface area contributed by atoms with E-state index in [1.165, 1.54) is 6.20 Å². The fourth-order valence-corrected chi connectivity index (χ4v) is 0.951. The number of anilines is 1. The third-order valence-electron chi connectivity index (χ3n) is 1.66. The molecule has 0 spiro atoms. The molecule has 0 bridgehead atoms. The molecule has 74 valence electrons. The largest absolute Gasteiger partial charge is 0.404 e. The first kappa shape index (κ1) is 10.7. The quantitative estimate of drug-likeness (QED) is 0.451. The van der Waals surface area contributed by atoms with Gasteiger partial charge in [0.1, 0.15) is 0 Å². The highest BCUT2D eigenvalue weighted by Gasteiger charge is 1.94. The van der Waals surface area contributed by atoms with Gasteiger partial charge in [-0.25, -0.2) is 0 Å². The molecule has 0 atom stereocenters. The highest BCUT2D eigenvalue weighted by atomic mass is 32.1. The highest BCUT2D eigenvalue weighted by Crippen LogP contribution is 2.10. The van der Waals surface area contributed by atoms with Crippen LogP contribution in [0, 0.1) is 0 Å². The second-order valence-electron chi connectivity index (χ2n) is 2.70. The second kappa shape index (κ2) is 5.34. The number of hydrogen-bond donors (Lipinski definition) is 2. The molecular weight excluding hydrogens is 194 g/mol. The molecule has 0 amide bonds. The summed E-state index contributed by atoms with van der Waals surface area (Å²) in [7, 11) is 1.86. The summed E-state index contributed by atoms with van der Waals surface area (Å²) in [6.45, 7) is 0. The number of para-hydroxylation sites is 1. The third kappa shape index (κ3) is 3.14. The van der Waals surface area contributed by atoms with Gasteiger partial charge < -0.3 is 5.73 Å². The normalized spacial score (nSPS) is 12.0. The van der Waals surface area contributed by atoms with Crippen molar-refractivity contribution in [1.82, 2.24) is 0 Å². The van der Waals surface area contributed by atoms with Gasteiger partial charge in [-0.3, -0.25) is 5.01 Å². The molecule has 0 fully saturated rings. The minimum absolute atomic E-state index is 0.632. The summed E-state index contributed by atoms with van der Waals surface area (Å²) in [4.78, 5) is 0.632. The molecule has 0 unspecified atom stereocenters. The fourth-order valence-electron chi connectivity index (χ4n) is 0.899. The Morgan fingerprint density at radius 2 is 2.07 bits per heavy atom. The summed E-state index contributed by atoms with van der Waals surface area (Å²) >= 11 is 4.08. The molecular formula is C10H13N3S. The molecule has 2 N–H and O–H groups in total. The summed E-state index contributed by atoms with van der Waals surface area (Å²) in [6.07, 6.45) is 2.99. The summed E-state index contributed by atoms with van der Waals surface area (Å²) in [5, 5.41) is 5.90. The first-order valence-corrected chi connectivity index (χ1v) is 4.62. The van der Waals surface area contributed by atoms with E-state index in [1.807, 2.05) is 37.4 Å². The van der Waals surface area contributed by atoms with E-state index in [0.29, 0.717) is 4.91 Å². The molecule has 0 aliphatic carbocycles. The van der Waals surface area contributed by atoms with Gasteiger partial charge in [0.05, 0.1) is 11.9 Å². The monoisotopic (exact) mass is 207 g/mol. The Kier molecular flexibility index (Phi) is 4.07. The lowest BCUT2D eigenvalue weighted by Gasteiger charge is -2.11. The van der Waals surface area contributed by atoms with Crippen LogP contribution in [0.1, 0.15) is 0 Å². The number of hydrogen-bond acceptors (Lipinski definition) is 4. The second-order valence-corrected chi connectivity index (χ2v) is 3.21. The third-order valence-corrected chi connectivity index (χ3v) is 1.93. The summed E-state index contributed by atoms with van der Waals surface area (Å²) in [5.74, 6) is 0. The van der Waals surface area contributed by atoms with Gasteiger partial charge in [-0.1, -0.05) is 18.2 Å². The lowest BCUT2D eigenvalue weighted by molar-refractivity contribution is 1.02. The van der Waals surface area contributed by atoms with Gasteiger partial charge in [0, 0.05) is 18.2 Å². The molecule has 0 saturated heterocycles. The summed E-state index contributed by atoms with van der Waals surface area (Å²) < 4.78 is 0. The van der Waals surface area contributed by atoms with Gasteiger partial charge >= 0.3 is 0 Å². The molecule has 0 aromatic heterocycles. The van der Waals surface area contributed by atoms with Gasteiger partial charge in [-0.2, -0.15) is 5.10 Å². The van der Waals surface area contributed by atoms with Crippen molar-refractivity contribution in [2.75, 3.05) is 12.1 Å². The lowest BCUT2D eigenvalue weighted by Crippen LogP contribution is -2.08. The predicted octanol–water partition coefficient (Wildman–Crippen LogP) is 1.84. The SMILES string of the molecule is CN(/N=C/C(S)=C\N)c1ccccc1. The summed E-state index contributed by atoms with van der Waals surface area (Å²) in [5.41, 5.74) is 6.26. The van der Waals surface area contributed by atoms with Crippen LogP contribution in [0.15, 0.2) is 46.5 Å². The molecule has 0 aliphatic heterocycles. The minimum Gasteiger partial charge on any atom is -0.404 e. The molecule has 14 heavy (non-hydrogen) atoms. The Bertz CT molecular complexity index is 332. The number of hydrazone groups is 1. The molecule has 0 aliphatic rings. The van der Waals surface area contributed by atoms with E-state index in [4.69, 9.17) is 5.73 Å². The van der Waals surface area contributed by atoms with Crippen molar-refractivity contribution in [2.24, 2.45) is 10.8 Å². The molecule has 0 heterocycles. The van der Waals surface area contributed by atoms with E-state index in [0.717, 1.165) is 5.69 Å². The van der Waals surface area contributed by atoms with Crippen LogP contribution < -0.4 is 10.7 Å². The zero-order chi connectivity index (χ0) is 10.4. The van der Waals surface area contributed by atoms with Crippen LogP contribution in [0.3, 0.4) is 0 Å². The fraction of sp³-hybridized carbons (Fsp3) is 0.100. The molecule has 1 aromatic rings. The maximum Gasteiger partial charge on any atom is 0.0622 e. The van der Waals surface area contributed by atoms with Crippen molar-refractivity contribution in [1.29, 1.82) is 0 Å². The van der Waals surface area contributed by atoms with Crippen LogP contribution in [0.4, 0.5) is 5.69 Å². The van der Waals surface area contributed by atoms with E-state index < -0.39 is 0 Å². The average Bonchev–Trinajstić information content (AvgIpc) is 2.26. The molecule has 4 heteroatoms. The molecule has 3 nitrogen and oxygen atoms in total. The summed E-state index contributed by atoms with van der Waals surface area (Å²) in [6, 6.07) is 9.83. The topological polar surface area (TPSA) is 41.6 Å². The van der Waals surface area contributed by atoms with E-state index in [9.17, 15) is 0 Å². The number of benzene rings is 1. The zero-order valence-corrected chi connectivity index (χ0v) is 8.85. The number of rotatable bonds is 3. The molecule has 0 radical (unpaired) electrons. The van der Waals surface area contributed by atoms with Crippen LogP contribution >= 0.6 is 12.6 Å². The smallest absolute Gasteiger partial charge is 0.0622 e. The van der Waals surface area contributed by atoms with Crippen molar-refractivity contribution in [2.45, 2.75) is 0 Å². The van der Waals surface area contributed by atoms with E-state index in [1.54, 1.807) is 11.2 Å². The van der Waals surface area contributed by atoms with Gasteiger partial charge in [0.2, 0.25) is 0 Å². The molecule has 1 rings (SSSR count). The van der Waals surface area contributed by atoms with Crippen LogP contribution in [0.5, 0.6) is 0 Å². The van der Waals surface area contributed by atoms with E-state index in [2.05, 4.69) is 17.7 Å². The van der Waals surface area contributed by atoms with Crippen LogP contribution in [-0.4, -0.2) is 13.3 Å². The lowest BCUT2D eigenvalue weighted by atomic mass is 10.3. The van der Waals surface area contributed by atoms with Crippen molar-refractivity contribution >= 4 is 24.5 Å². The first-order valence-electron chi connectivity index (χ1n) is 4.17. The van der Waals surface area contributed by atoms with Gasteiger partial charge in [-0.05, 0) is 12.1 Å². The Balaban J connectivity index is 2.68. The Morgan fingerprint density at radius 1 is 1.43 bits per heavy atom. The van der Waals surface area contributed by atoms with Crippen LogP contribution in [-0.2, 0) is 0 Å². The Morgan fingerprint density at radius 3 is 2.64 bits per heavy atom. The standard InChI is InChI=1S/C10H13N3S/c1-13(12-8-10(14)7-11)9-5-3-2-4-6-9/h2-8,14H,11H2,1H3/b10-7+,12-8+. The van der Waals surface area contributed by atoms with E-state index >= 15 is 0 Å². The van der Waals surface area contributed by atoms with E-state index in [-0.39, 0.29) is 0 Å². The minimum atomic E-state index is 0.632. The van der Waals surface area contributed by atoms with Gasteiger partial charge in [0.15, 0.2) is 0 Å². The molecule has 1 aromatic carbocycles. The predicted molar refractivity (Wildman–Crippen MR) is 64.6 cm³/mol. The molecule has 0 saturated carbocycles. The highest BCUT2D eigenvalue weighted by molar-refractivity contribution is 7.85. The maximum atomic E-state index is 5.25. The Hall–Kier alpha value is -1.42. The first-order chi connectivity index (χ1) is 6.74. The number of allylic oxidation sites excluding steroid dienone is 1. The van der Waals surface area contributed by atoms with Crippen molar-refractivity contribution in [3.63, 3.8) is 0 Å². The zero-order valence-electron chi connectivity index (χ0n) is 7.96. The van der Waals surface area contributed by atoms with Crippen molar-refractivity contribution in [3.8, 4) is 0 Å². The van der Waals surface area contributed by atoms with Crippen LogP contribution in [0.25, 0.3) is 0 Å². The van der Waals surface area contributed by atoms with Crippen LogP contribution in [0.2, 0.25) is 0 Å². The van der Waals surface area contributed by atoms with Crippen molar-refractivity contribution in [3.05, 3.63) is 41.4 Å². The maximum absolute atomic E-state index is 5.25. The average molecular weight is 207 g/mol. The van der Waals surface area contributed by atoms with Gasteiger partial charge in [-0.15, -0.1) is 12.6 Å². The number of nitrogens with two attached hydrogens (primary N) is 1. The van der Waals surface area contributed by atoms with Crippen molar-refractivity contribution < 1.29 is 0 Å².